The average Bonchev–Trinajstić information content (AvgIpc) is 2.71. The van der Waals surface area contributed by atoms with E-state index in [-0.39, 0.29) is 20.7 Å². The highest BCUT2D eigenvalue weighted by atomic mass is 35.5. The lowest BCUT2D eigenvalue weighted by Crippen LogP contribution is -2.20. The molecule has 6 nitrogen and oxygen atoms in total. The van der Waals surface area contributed by atoms with Crippen molar-refractivity contribution >= 4 is 50.5 Å². The Labute approximate surface area is 189 Å². The zero-order valence-electron chi connectivity index (χ0n) is 16.2. The molecule has 0 radical (unpaired) electrons. The summed E-state index contributed by atoms with van der Waals surface area (Å²) in [6.45, 7) is 1.49. The van der Waals surface area contributed by atoms with Gasteiger partial charge in [-0.1, -0.05) is 40.9 Å². The summed E-state index contributed by atoms with van der Waals surface area (Å²) in [6, 6.07) is 14.5. The largest absolute Gasteiger partial charge is 0.482 e. The number of carbonyl (C=O) groups is 1. The highest BCUT2D eigenvalue weighted by Crippen LogP contribution is 2.28. The first-order valence-corrected chi connectivity index (χ1v) is 11.1. The van der Waals surface area contributed by atoms with Crippen molar-refractivity contribution in [3.63, 3.8) is 0 Å². The number of anilines is 2. The Hall–Kier alpha value is -2.81. The summed E-state index contributed by atoms with van der Waals surface area (Å²) in [5.74, 6) is -1.01. The maximum atomic E-state index is 13.2. The zero-order chi connectivity index (χ0) is 22.6. The van der Waals surface area contributed by atoms with Gasteiger partial charge in [-0.25, -0.2) is 12.8 Å². The molecule has 3 aromatic carbocycles. The second-order valence-corrected chi connectivity index (χ2v) is 9.03. The van der Waals surface area contributed by atoms with Gasteiger partial charge in [-0.05, 0) is 55.5 Å². The van der Waals surface area contributed by atoms with Gasteiger partial charge in [-0.15, -0.1) is 0 Å². The Morgan fingerprint density at radius 3 is 2.29 bits per heavy atom. The number of halogens is 3. The molecule has 0 aliphatic rings. The molecule has 0 aromatic heterocycles. The van der Waals surface area contributed by atoms with Gasteiger partial charge in [0.05, 0.1) is 14.9 Å². The van der Waals surface area contributed by atoms with E-state index in [2.05, 4.69) is 10.0 Å². The number of nitrogens with one attached hydrogen (secondary N) is 2. The van der Waals surface area contributed by atoms with Crippen molar-refractivity contribution in [3.8, 4) is 5.75 Å². The topological polar surface area (TPSA) is 84.5 Å². The molecule has 2 N–H and O–H groups in total. The van der Waals surface area contributed by atoms with Gasteiger partial charge in [0.1, 0.15) is 11.6 Å². The van der Waals surface area contributed by atoms with Crippen LogP contribution in [-0.4, -0.2) is 20.9 Å². The standard InChI is InChI=1S/C21H17Cl2FN2O4S/c1-13-2-4-14(5-3-13)26-31(28,29)16-7-9-20(18(23)11-16)30-12-21(27)25-15-6-8-19(24)17(22)10-15/h2-11,26H,12H2,1H3,(H,25,27). The molecule has 3 rings (SSSR count). The van der Waals surface area contributed by atoms with Gasteiger partial charge >= 0.3 is 0 Å². The summed E-state index contributed by atoms with van der Waals surface area (Å²) in [4.78, 5) is 12.0. The first-order chi connectivity index (χ1) is 14.6. The van der Waals surface area contributed by atoms with Crippen LogP contribution in [0.1, 0.15) is 5.56 Å². The highest BCUT2D eigenvalue weighted by Gasteiger charge is 2.17. The van der Waals surface area contributed by atoms with E-state index in [0.717, 1.165) is 11.6 Å². The summed E-state index contributed by atoms with van der Waals surface area (Å²) in [5, 5.41) is 2.39. The second kappa shape index (κ2) is 9.55. The Morgan fingerprint density at radius 2 is 1.65 bits per heavy atom. The molecule has 3 aromatic rings. The molecular formula is C21H17Cl2FN2O4S. The normalized spacial score (nSPS) is 11.1. The van der Waals surface area contributed by atoms with Crippen molar-refractivity contribution in [3.05, 3.63) is 82.1 Å². The van der Waals surface area contributed by atoms with Crippen LogP contribution in [0.5, 0.6) is 5.75 Å². The molecular weight excluding hydrogens is 466 g/mol. The molecule has 0 heterocycles. The number of sulfonamides is 1. The fraction of sp³-hybridized carbons (Fsp3) is 0.0952. The summed E-state index contributed by atoms with van der Waals surface area (Å²) < 4.78 is 46.1. The van der Waals surface area contributed by atoms with Crippen LogP contribution >= 0.6 is 23.2 Å². The first kappa shape index (κ1) is 22.9. The summed E-state index contributed by atoms with van der Waals surface area (Å²) in [7, 11) is -3.86. The summed E-state index contributed by atoms with van der Waals surface area (Å²) >= 11 is 11.8. The molecule has 0 saturated heterocycles. The smallest absolute Gasteiger partial charge is 0.262 e. The Morgan fingerprint density at radius 1 is 0.968 bits per heavy atom. The monoisotopic (exact) mass is 482 g/mol. The lowest BCUT2D eigenvalue weighted by molar-refractivity contribution is -0.118. The molecule has 0 aliphatic heterocycles. The summed E-state index contributed by atoms with van der Waals surface area (Å²) in [6.07, 6.45) is 0. The van der Waals surface area contributed by atoms with E-state index in [4.69, 9.17) is 27.9 Å². The maximum Gasteiger partial charge on any atom is 0.262 e. The van der Waals surface area contributed by atoms with Gasteiger partial charge in [0.15, 0.2) is 6.61 Å². The predicted octanol–water partition coefficient (Wildman–Crippen LogP) is 5.26. The number of benzene rings is 3. The number of hydrogen-bond acceptors (Lipinski definition) is 4. The van der Waals surface area contributed by atoms with Gasteiger partial charge < -0.3 is 10.1 Å². The number of rotatable bonds is 7. The lowest BCUT2D eigenvalue weighted by atomic mass is 10.2. The van der Waals surface area contributed by atoms with Crippen LogP contribution in [0, 0.1) is 12.7 Å². The fourth-order valence-corrected chi connectivity index (χ4v) is 4.08. The quantitative estimate of drug-likeness (QED) is 0.480. The number of carbonyl (C=O) groups excluding carboxylic acids is 1. The van der Waals surface area contributed by atoms with E-state index in [1.807, 2.05) is 6.92 Å². The zero-order valence-corrected chi connectivity index (χ0v) is 18.5. The van der Waals surface area contributed by atoms with E-state index < -0.39 is 28.4 Å². The Balaban J connectivity index is 1.64. The number of ether oxygens (including phenoxy) is 1. The molecule has 1 amide bonds. The second-order valence-electron chi connectivity index (χ2n) is 6.53. The minimum absolute atomic E-state index is 0.0180. The molecule has 0 unspecified atom stereocenters. The molecule has 31 heavy (non-hydrogen) atoms. The minimum Gasteiger partial charge on any atom is -0.482 e. The number of aryl methyl sites for hydroxylation is 1. The molecule has 0 fully saturated rings. The van der Waals surface area contributed by atoms with Gasteiger partial charge in [0, 0.05) is 11.4 Å². The van der Waals surface area contributed by atoms with Crippen LogP contribution in [0.2, 0.25) is 10.0 Å². The lowest BCUT2D eigenvalue weighted by Gasteiger charge is -2.12. The molecule has 0 spiro atoms. The Kier molecular flexibility index (Phi) is 7.04. The Bertz CT molecular complexity index is 1220. The fourth-order valence-electron chi connectivity index (χ4n) is 2.52. The summed E-state index contributed by atoms with van der Waals surface area (Å²) in [5.41, 5.74) is 1.72. The van der Waals surface area contributed by atoms with Crippen molar-refractivity contribution in [2.24, 2.45) is 0 Å². The van der Waals surface area contributed by atoms with Crippen LogP contribution in [-0.2, 0) is 14.8 Å². The van der Waals surface area contributed by atoms with Gasteiger partial charge in [-0.2, -0.15) is 0 Å². The van der Waals surface area contributed by atoms with Crippen molar-refractivity contribution in [2.45, 2.75) is 11.8 Å². The van der Waals surface area contributed by atoms with Crippen molar-refractivity contribution < 1.29 is 22.3 Å². The number of hydrogen-bond donors (Lipinski definition) is 2. The number of amides is 1. The average molecular weight is 483 g/mol. The van der Waals surface area contributed by atoms with E-state index in [1.54, 1.807) is 24.3 Å². The van der Waals surface area contributed by atoms with Crippen molar-refractivity contribution in [2.75, 3.05) is 16.6 Å². The van der Waals surface area contributed by atoms with Gasteiger partial charge in [-0.3, -0.25) is 9.52 Å². The third-order valence-electron chi connectivity index (χ3n) is 4.08. The molecule has 162 valence electrons. The predicted molar refractivity (Wildman–Crippen MR) is 119 cm³/mol. The van der Waals surface area contributed by atoms with Crippen LogP contribution in [0.15, 0.2) is 65.6 Å². The van der Waals surface area contributed by atoms with Crippen LogP contribution in [0.3, 0.4) is 0 Å². The molecule has 10 heteroatoms. The van der Waals surface area contributed by atoms with Crippen LogP contribution < -0.4 is 14.8 Å². The first-order valence-electron chi connectivity index (χ1n) is 8.91. The van der Waals surface area contributed by atoms with Gasteiger partial charge in [0.2, 0.25) is 0 Å². The van der Waals surface area contributed by atoms with Crippen LogP contribution in [0.25, 0.3) is 0 Å². The van der Waals surface area contributed by atoms with Crippen molar-refractivity contribution in [1.29, 1.82) is 0 Å². The van der Waals surface area contributed by atoms with Crippen molar-refractivity contribution in [1.82, 2.24) is 0 Å². The molecule has 0 saturated carbocycles. The molecule has 0 aliphatic carbocycles. The third kappa shape index (κ3) is 6.10. The van der Waals surface area contributed by atoms with Crippen LogP contribution in [0.4, 0.5) is 15.8 Å². The third-order valence-corrected chi connectivity index (χ3v) is 6.04. The van der Waals surface area contributed by atoms with E-state index >= 15 is 0 Å². The molecule has 0 bridgehead atoms. The molecule has 0 atom stereocenters. The van der Waals surface area contributed by atoms with E-state index in [0.29, 0.717) is 11.4 Å². The maximum absolute atomic E-state index is 13.2. The van der Waals surface area contributed by atoms with E-state index in [9.17, 15) is 17.6 Å². The minimum atomic E-state index is -3.86. The SMILES string of the molecule is Cc1ccc(NS(=O)(=O)c2ccc(OCC(=O)Nc3ccc(F)c(Cl)c3)c(Cl)c2)cc1. The highest BCUT2D eigenvalue weighted by molar-refractivity contribution is 7.92. The van der Waals surface area contributed by atoms with Gasteiger partial charge in [0.25, 0.3) is 15.9 Å². The van der Waals surface area contributed by atoms with E-state index in [1.165, 1.54) is 30.3 Å².